The average Bonchev–Trinajstić information content (AvgIpc) is 3.34. The van der Waals surface area contributed by atoms with Gasteiger partial charge in [-0.15, -0.1) is 0 Å². The van der Waals surface area contributed by atoms with E-state index in [0.717, 1.165) is 17.7 Å². The van der Waals surface area contributed by atoms with Gasteiger partial charge in [0.25, 0.3) is 11.8 Å². The van der Waals surface area contributed by atoms with Gasteiger partial charge in [0, 0.05) is 17.3 Å². The molecule has 0 saturated heterocycles. The molecular weight excluding hydrogens is 424 g/mol. The third-order valence-electron chi connectivity index (χ3n) is 6.08. The van der Waals surface area contributed by atoms with Crippen molar-refractivity contribution in [1.29, 1.82) is 0 Å². The first-order valence-corrected chi connectivity index (χ1v) is 10.8. The lowest BCUT2D eigenvalue weighted by atomic mass is 10.0. The molecule has 5 rings (SSSR count). The number of hydrogen-bond acceptors (Lipinski definition) is 4. The molecule has 6 heteroatoms. The van der Waals surface area contributed by atoms with Gasteiger partial charge in [0.05, 0.1) is 18.4 Å². The molecule has 3 aromatic rings. The van der Waals surface area contributed by atoms with Crippen LogP contribution in [0.4, 0.5) is 11.4 Å². The van der Waals surface area contributed by atoms with E-state index in [9.17, 15) is 9.59 Å². The van der Waals surface area contributed by atoms with Gasteiger partial charge in [-0.3, -0.25) is 9.59 Å². The lowest BCUT2D eigenvalue weighted by Crippen LogP contribution is -2.35. The third kappa shape index (κ3) is 3.09. The van der Waals surface area contributed by atoms with Crippen molar-refractivity contribution >= 4 is 40.4 Å². The van der Waals surface area contributed by atoms with Crippen LogP contribution in [0.25, 0.3) is 5.57 Å². The Morgan fingerprint density at radius 1 is 0.875 bits per heavy atom. The number of hydrogen-bond donors (Lipinski definition) is 0. The van der Waals surface area contributed by atoms with E-state index >= 15 is 0 Å². The molecule has 160 valence electrons. The minimum absolute atomic E-state index is 0.345. The summed E-state index contributed by atoms with van der Waals surface area (Å²) in [5.74, 6) is -0.0189. The van der Waals surface area contributed by atoms with Gasteiger partial charge in [-0.2, -0.15) is 0 Å². The van der Waals surface area contributed by atoms with E-state index in [2.05, 4.69) is 6.07 Å². The fourth-order valence-corrected chi connectivity index (χ4v) is 4.58. The molecule has 0 bridgehead atoms. The van der Waals surface area contributed by atoms with E-state index in [1.165, 1.54) is 4.90 Å². The highest BCUT2D eigenvalue weighted by atomic mass is 35.5. The molecule has 2 amide bonds. The van der Waals surface area contributed by atoms with Gasteiger partial charge >= 0.3 is 0 Å². The average molecular weight is 445 g/mol. The molecule has 0 atom stereocenters. The predicted octanol–water partition coefficient (Wildman–Crippen LogP) is 5.00. The second-order valence-electron chi connectivity index (χ2n) is 7.81. The van der Waals surface area contributed by atoms with Crippen molar-refractivity contribution in [2.75, 3.05) is 23.5 Å². The summed E-state index contributed by atoms with van der Waals surface area (Å²) in [6.07, 6.45) is 0.813. The van der Waals surface area contributed by atoms with Crippen LogP contribution >= 0.6 is 11.6 Å². The van der Waals surface area contributed by atoms with Crippen LogP contribution in [0.5, 0.6) is 5.75 Å². The molecule has 0 spiro atoms. The molecule has 0 saturated carbocycles. The molecule has 3 aromatic carbocycles. The summed E-state index contributed by atoms with van der Waals surface area (Å²) in [6, 6.07) is 20.5. The molecule has 0 unspecified atom stereocenters. The van der Waals surface area contributed by atoms with Crippen molar-refractivity contribution < 1.29 is 14.3 Å². The second kappa shape index (κ2) is 7.84. The number of ether oxygens (including phenoxy) is 1. The van der Waals surface area contributed by atoms with Gasteiger partial charge in [0.15, 0.2) is 0 Å². The Balaban J connectivity index is 1.69. The minimum atomic E-state index is -0.357. The monoisotopic (exact) mass is 444 g/mol. The van der Waals surface area contributed by atoms with Gasteiger partial charge in [-0.05, 0) is 60.4 Å². The number of carbonyl (C=O) groups excluding carboxylic acids is 2. The molecule has 0 fully saturated rings. The Kier molecular flexibility index (Phi) is 4.98. The van der Waals surface area contributed by atoms with Crippen molar-refractivity contribution in [1.82, 2.24) is 0 Å². The third-order valence-corrected chi connectivity index (χ3v) is 6.48. The van der Waals surface area contributed by atoms with Crippen molar-refractivity contribution in [3.8, 4) is 5.75 Å². The summed E-state index contributed by atoms with van der Waals surface area (Å²) in [6.45, 7) is 2.45. The number of rotatable bonds is 4. The van der Waals surface area contributed by atoms with E-state index in [-0.39, 0.29) is 11.8 Å². The second-order valence-corrected chi connectivity index (χ2v) is 8.22. The van der Waals surface area contributed by atoms with E-state index < -0.39 is 0 Å². The van der Waals surface area contributed by atoms with Gasteiger partial charge < -0.3 is 9.64 Å². The Morgan fingerprint density at radius 2 is 1.59 bits per heavy atom. The highest BCUT2D eigenvalue weighted by Crippen LogP contribution is 2.41. The van der Waals surface area contributed by atoms with E-state index in [0.29, 0.717) is 45.4 Å². The van der Waals surface area contributed by atoms with Crippen LogP contribution in [0.15, 0.2) is 72.4 Å². The maximum atomic E-state index is 13.8. The number of imide groups is 1. The van der Waals surface area contributed by atoms with Crippen LogP contribution in [-0.2, 0) is 16.0 Å². The number of benzene rings is 3. The summed E-state index contributed by atoms with van der Waals surface area (Å²) < 4.78 is 5.27. The zero-order valence-electron chi connectivity index (χ0n) is 17.8. The van der Waals surface area contributed by atoms with E-state index in [1.807, 2.05) is 42.2 Å². The number of para-hydroxylation sites is 1. The highest BCUT2D eigenvalue weighted by molar-refractivity contribution is 6.47. The first kappa shape index (κ1) is 20.3. The molecule has 0 aromatic heterocycles. The maximum Gasteiger partial charge on any atom is 0.282 e. The first-order valence-electron chi connectivity index (χ1n) is 10.4. The lowest BCUT2D eigenvalue weighted by Gasteiger charge is -2.22. The number of amides is 2. The fourth-order valence-electron chi connectivity index (χ4n) is 4.41. The standard InChI is InChI=1S/C26H21ClN2O3/c1-16-20(27)7-5-9-21(16)29-25(30)23(18-10-12-19(32-2)13-11-18)24(26(29)31)28-15-14-17-6-3-4-8-22(17)28/h3-13H,14-15H2,1-2H3. The number of fused-ring (bicyclic) bond motifs is 1. The number of anilines is 2. The Hall–Kier alpha value is -3.57. The van der Waals surface area contributed by atoms with Gasteiger partial charge in [0.1, 0.15) is 11.4 Å². The van der Waals surface area contributed by atoms with Crippen LogP contribution in [-0.4, -0.2) is 25.5 Å². The summed E-state index contributed by atoms with van der Waals surface area (Å²) in [4.78, 5) is 30.8. The van der Waals surface area contributed by atoms with Crippen LogP contribution < -0.4 is 14.5 Å². The molecule has 0 N–H and O–H groups in total. The molecule has 2 heterocycles. The fraction of sp³-hybridized carbons (Fsp3) is 0.154. The number of carbonyl (C=O) groups is 2. The van der Waals surface area contributed by atoms with Crippen molar-refractivity contribution in [2.45, 2.75) is 13.3 Å². The van der Waals surface area contributed by atoms with Crippen molar-refractivity contribution in [2.24, 2.45) is 0 Å². The smallest absolute Gasteiger partial charge is 0.282 e. The van der Waals surface area contributed by atoms with Crippen molar-refractivity contribution in [3.05, 3.63) is 94.1 Å². The van der Waals surface area contributed by atoms with Crippen LogP contribution in [0.2, 0.25) is 5.02 Å². The molecule has 0 radical (unpaired) electrons. The van der Waals surface area contributed by atoms with Crippen LogP contribution in [0.1, 0.15) is 16.7 Å². The number of nitrogens with zero attached hydrogens (tertiary/aromatic N) is 2. The Bertz CT molecular complexity index is 1280. The maximum absolute atomic E-state index is 13.8. The normalized spacial score (nSPS) is 15.6. The molecule has 32 heavy (non-hydrogen) atoms. The molecule has 5 nitrogen and oxygen atoms in total. The molecular formula is C26H21ClN2O3. The van der Waals surface area contributed by atoms with Gasteiger partial charge in [0.2, 0.25) is 0 Å². The van der Waals surface area contributed by atoms with Gasteiger partial charge in [-0.25, -0.2) is 4.90 Å². The highest BCUT2D eigenvalue weighted by Gasteiger charge is 2.44. The van der Waals surface area contributed by atoms with Crippen molar-refractivity contribution in [3.63, 3.8) is 0 Å². The SMILES string of the molecule is COc1ccc(C2=C(N3CCc4ccccc43)C(=O)N(c3cccc(Cl)c3C)C2=O)cc1. The minimum Gasteiger partial charge on any atom is -0.497 e. The molecule has 0 aliphatic carbocycles. The van der Waals surface area contributed by atoms with Crippen LogP contribution in [0.3, 0.4) is 0 Å². The zero-order chi connectivity index (χ0) is 22.4. The van der Waals surface area contributed by atoms with Gasteiger partial charge in [-0.1, -0.05) is 48.0 Å². The number of halogens is 1. The number of methoxy groups -OCH3 is 1. The summed E-state index contributed by atoms with van der Waals surface area (Å²) in [7, 11) is 1.59. The summed E-state index contributed by atoms with van der Waals surface area (Å²) in [5, 5.41) is 0.508. The molecule has 2 aliphatic heterocycles. The zero-order valence-corrected chi connectivity index (χ0v) is 18.5. The van der Waals surface area contributed by atoms with E-state index in [4.69, 9.17) is 16.3 Å². The Labute approximate surface area is 191 Å². The first-order chi connectivity index (χ1) is 15.5. The molecule has 2 aliphatic rings. The predicted molar refractivity (Wildman–Crippen MR) is 126 cm³/mol. The largest absolute Gasteiger partial charge is 0.497 e. The van der Waals surface area contributed by atoms with E-state index in [1.54, 1.807) is 37.4 Å². The van der Waals surface area contributed by atoms with Crippen LogP contribution in [0, 0.1) is 6.92 Å². The Morgan fingerprint density at radius 3 is 2.34 bits per heavy atom. The topological polar surface area (TPSA) is 49.9 Å². The lowest BCUT2D eigenvalue weighted by molar-refractivity contribution is -0.120. The summed E-state index contributed by atoms with van der Waals surface area (Å²) in [5.41, 5.74) is 4.75. The quantitative estimate of drug-likeness (QED) is 0.531. The summed E-state index contributed by atoms with van der Waals surface area (Å²) >= 11 is 6.32.